The van der Waals surface area contributed by atoms with Crippen LogP contribution in [-0.2, 0) is 24.2 Å². The summed E-state index contributed by atoms with van der Waals surface area (Å²) in [5.74, 6) is -1.09. The molecule has 0 unspecified atom stereocenters. The van der Waals surface area contributed by atoms with Crippen LogP contribution >= 0.6 is 0 Å². The van der Waals surface area contributed by atoms with E-state index < -0.39 is 18.2 Å². The number of para-hydroxylation sites is 1. The number of benzene rings is 1. The van der Waals surface area contributed by atoms with Gasteiger partial charge in [0.25, 0.3) is 5.56 Å². The van der Waals surface area contributed by atoms with E-state index in [1.807, 2.05) is 0 Å². The summed E-state index contributed by atoms with van der Waals surface area (Å²) in [6.45, 7) is -0.422. The van der Waals surface area contributed by atoms with Gasteiger partial charge in [0.05, 0.1) is 5.69 Å². The average Bonchev–Trinajstić information content (AvgIpc) is 2.94. The van der Waals surface area contributed by atoms with Crippen molar-refractivity contribution in [2.75, 3.05) is 0 Å². The summed E-state index contributed by atoms with van der Waals surface area (Å²) >= 11 is 0. The highest BCUT2D eigenvalue weighted by Gasteiger charge is 2.24. The van der Waals surface area contributed by atoms with Crippen molar-refractivity contribution >= 4 is 5.97 Å². The molecule has 0 amide bonds. The van der Waals surface area contributed by atoms with E-state index in [0.717, 1.165) is 11.0 Å². The van der Waals surface area contributed by atoms with E-state index in [0.29, 0.717) is 29.8 Å². The molecule has 3 rings (SSSR count). The SMILES string of the molecule is O=C(O)Cn1c2c(c(=O)n(-c3ccccc3)c1=O)CCC2. The monoisotopic (exact) mass is 286 g/mol. The van der Waals surface area contributed by atoms with Crippen molar-refractivity contribution in [2.24, 2.45) is 0 Å². The fraction of sp³-hybridized carbons (Fsp3) is 0.267. The lowest BCUT2D eigenvalue weighted by molar-refractivity contribution is -0.137. The third-order valence-corrected chi connectivity index (χ3v) is 3.71. The largest absolute Gasteiger partial charge is 0.480 e. The first-order valence-electron chi connectivity index (χ1n) is 6.74. The van der Waals surface area contributed by atoms with E-state index >= 15 is 0 Å². The van der Waals surface area contributed by atoms with Crippen LogP contribution in [-0.4, -0.2) is 20.2 Å². The molecule has 1 N–H and O–H groups in total. The highest BCUT2D eigenvalue weighted by atomic mass is 16.4. The normalized spacial score (nSPS) is 13.1. The van der Waals surface area contributed by atoms with Crippen LogP contribution in [0, 0.1) is 0 Å². The molecule has 1 heterocycles. The van der Waals surface area contributed by atoms with E-state index in [-0.39, 0.29) is 5.56 Å². The Hall–Kier alpha value is -2.63. The van der Waals surface area contributed by atoms with Gasteiger partial charge in [-0.05, 0) is 31.4 Å². The van der Waals surface area contributed by atoms with Crippen LogP contribution in [0.3, 0.4) is 0 Å². The van der Waals surface area contributed by atoms with Gasteiger partial charge in [-0.15, -0.1) is 0 Å². The molecule has 1 aliphatic rings. The fourth-order valence-corrected chi connectivity index (χ4v) is 2.82. The van der Waals surface area contributed by atoms with Crippen molar-refractivity contribution in [2.45, 2.75) is 25.8 Å². The van der Waals surface area contributed by atoms with Crippen LogP contribution in [0.25, 0.3) is 5.69 Å². The minimum absolute atomic E-state index is 0.333. The maximum atomic E-state index is 12.5. The lowest BCUT2D eigenvalue weighted by Gasteiger charge is -2.14. The van der Waals surface area contributed by atoms with Gasteiger partial charge >= 0.3 is 11.7 Å². The summed E-state index contributed by atoms with van der Waals surface area (Å²) in [5, 5.41) is 9.01. The molecule has 0 aliphatic heterocycles. The van der Waals surface area contributed by atoms with E-state index in [2.05, 4.69) is 0 Å². The number of carboxylic acid groups (broad SMARTS) is 1. The Kier molecular flexibility index (Phi) is 3.21. The van der Waals surface area contributed by atoms with Crippen molar-refractivity contribution in [3.05, 3.63) is 62.4 Å². The zero-order valence-corrected chi connectivity index (χ0v) is 11.3. The van der Waals surface area contributed by atoms with Gasteiger partial charge in [0.15, 0.2) is 0 Å². The molecule has 1 aromatic carbocycles. The molecule has 0 atom stereocenters. The molecule has 21 heavy (non-hydrogen) atoms. The van der Waals surface area contributed by atoms with Crippen molar-refractivity contribution in [3.63, 3.8) is 0 Å². The molecular weight excluding hydrogens is 272 g/mol. The van der Waals surface area contributed by atoms with Crippen LogP contribution in [0.2, 0.25) is 0 Å². The fourth-order valence-electron chi connectivity index (χ4n) is 2.82. The smallest absolute Gasteiger partial charge is 0.336 e. The van der Waals surface area contributed by atoms with Gasteiger partial charge in [0.1, 0.15) is 6.54 Å². The molecule has 0 bridgehead atoms. The zero-order valence-electron chi connectivity index (χ0n) is 11.3. The number of aromatic nitrogens is 2. The molecule has 0 saturated carbocycles. The van der Waals surface area contributed by atoms with Gasteiger partial charge in [0, 0.05) is 11.3 Å². The van der Waals surface area contributed by atoms with Gasteiger partial charge < -0.3 is 5.11 Å². The van der Waals surface area contributed by atoms with Gasteiger partial charge in [-0.2, -0.15) is 0 Å². The summed E-state index contributed by atoms with van der Waals surface area (Å²) in [4.78, 5) is 36.1. The number of carbonyl (C=O) groups is 1. The number of aliphatic carboxylic acids is 1. The quantitative estimate of drug-likeness (QED) is 0.894. The van der Waals surface area contributed by atoms with E-state index in [9.17, 15) is 14.4 Å². The minimum Gasteiger partial charge on any atom is -0.480 e. The summed E-state index contributed by atoms with van der Waals surface area (Å²) in [7, 11) is 0. The Labute approximate surface area is 119 Å². The van der Waals surface area contributed by atoms with Gasteiger partial charge in [-0.3, -0.25) is 14.2 Å². The number of nitrogens with zero attached hydrogens (tertiary/aromatic N) is 2. The first-order chi connectivity index (χ1) is 10.1. The molecule has 0 saturated heterocycles. The molecule has 6 nitrogen and oxygen atoms in total. The van der Waals surface area contributed by atoms with Crippen LogP contribution < -0.4 is 11.2 Å². The highest BCUT2D eigenvalue weighted by molar-refractivity contribution is 5.66. The van der Waals surface area contributed by atoms with Gasteiger partial charge in [-0.25, -0.2) is 9.36 Å². The maximum absolute atomic E-state index is 12.5. The van der Waals surface area contributed by atoms with Crippen molar-refractivity contribution in [1.82, 2.24) is 9.13 Å². The first kappa shape index (κ1) is 13.4. The minimum atomic E-state index is -1.09. The lowest BCUT2D eigenvalue weighted by atomic mass is 10.2. The van der Waals surface area contributed by atoms with Gasteiger partial charge in [-0.1, -0.05) is 18.2 Å². The molecule has 0 spiro atoms. The molecule has 0 fully saturated rings. The Morgan fingerprint density at radius 2 is 1.86 bits per heavy atom. The van der Waals surface area contributed by atoms with Crippen LogP contribution in [0.5, 0.6) is 0 Å². The summed E-state index contributed by atoms with van der Waals surface area (Å²) in [5.41, 5.74) is 0.662. The van der Waals surface area contributed by atoms with E-state index in [1.165, 1.54) is 4.57 Å². The van der Waals surface area contributed by atoms with E-state index in [1.54, 1.807) is 30.3 Å². The Morgan fingerprint density at radius 1 is 1.14 bits per heavy atom. The molecule has 108 valence electrons. The first-order valence-corrected chi connectivity index (χ1v) is 6.74. The third kappa shape index (κ3) is 2.18. The Balaban J connectivity index is 2.34. The van der Waals surface area contributed by atoms with Crippen LogP contribution in [0.15, 0.2) is 39.9 Å². The highest BCUT2D eigenvalue weighted by Crippen LogP contribution is 2.17. The Bertz CT molecular complexity index is 818. The molecule has 0 radical (unpaired) electrons. The lowest BCUT2D eigenvalue weighted by Crippen LogP contribution is -2.42. The average molecular weight is 286 g/mol. The summed E-state index contributed by atoms with van der Waals surface area (Å²) < 4.78 is 2.27. The second-order valence-corrected chi connectivity index (χ2v) is 5.02. The van der Waals surface area contributed by atoms with Gasteiger partial charge in [0.2, 0.25) is 0 Å². The van der Waals surface area contributed by atoms with Crippen molar-refractivity contribution in [3.8, 4) is 5.69 Å². The standard InChI is InChI=1S/C15H14N2O4/c18-13(19)9-16-12-8-4-7-11(12)14(20)17(15(16)21)10-5-2-1-3-6-10/h1-3,5-6H,4,7-9H2,(H,18,19). The molecule has 1 aromatic heterocycles. The van der Waals surface area contributed by atoms with Crippen LogP contribution in [0.1, 0.15) is 17.7 Å². The van der Waals surface area contributed by atoms with Crippen molar-refractivity contribution in [1.29, 1.82) is 0 Å². The summed E-state index contributed by atoms with van der Waals surface area (Å²) in [6, 6.07) is 8.58. The molecular formula is C15H14N2O4. The number of hydrogen-bond donors (Lipinski definition) is 1. The zero-order chi connectivity index (χ0) is 15.0. The number of hydrogen-bond acceptors (Lipinski definition) is 3. The van der Waals surface area contributed by atoms with Crippen molar-refractivity contribution < 1.29 is 9.90 Å². The van der Waals surface area contributed by atoms with Crippen LogP contribution in [0.4, 0.5) is 0 Å². The number of carboxylic acids is 1. The molecule has 2 aromatic rings. The number of rotatable bonds is 3. The third-order valence-electron chi connectivity index (χ3n) is 3.71. The Morgan fingerprint density at radius 3 is 2.52 bits per heavy atom. The predicted molar refractivity (Wildman–Crippen MR) is 76.0 cm³/mol. The predicted octanol–water partition coefficient (Wildman–Crippen LogP) is 0.573. The second-order valence-electron chi connectivity index (χ2n) is 5.02. The molecule has 1 aliphatic carbocycles. The second kappa shape index (κ2) is 5.05. The van der Waals surface area contributed by atoms with E-state index in [4.69, 9.17) is 5.11 Å². The maximum Gasteiger partial charge on any atom is 0.336 e. The summed E-state index contributed by atoms with van der Waals surface area (Å²) in [6.07, 6.45) is 1.92. The topological polar surface area (TPSA) is 81.3 Å². The number of fused-ring (bicyclic) bond motifs is 1. The molecule has 6 heteroatoms.